The fraction of sp³-hybridized carbons (Fsp3) is 0.625. The van der Waals surface area contributed by atoms with Crippen molar-refractivity contribution < 1.29 is 14.2 Å². The number of rotatable bonds is 7. The van der Waals surface area contributed by atoms with Crippen molar-refractivity contribution in [3.8, 4) is 11.5 Å². The maximum atomic E-state index is 5.72. The smallest absolute Gasteiger partial charge is 0.174 e. The molecule has 21 heavy (non-hydrogen) atoms. The Morgan fingerprint density at radius 3 is 2.81 bits per heavy atom. The minimum Gasteiger partial charge on any atom is -0.493 e. The minimum absolute atomic E-state index is 0.412. The van der Waals surface area contributed by atoms with Gasteiger partial charge in [0.2, 0.25) is 0 Å². The van der Waals surface area contributed by atoms with E-state index in [9.17, 15) is 0 Å². The quantitative estimate of drug-likeness (QED) is 0.811. The lowest BCUT2D eigenvalue weighted by atomic mass is 9.99. The van der Waals surface area contributed by atoms with Crippen LogP contribution in [0.15, 0.2) is 16.6 Å². The molecule has 1 fully saturated rings. The van der Waals surface area contributed by atoms with Crippen LogP contribution in [0.4, 0.5) is 0 Å². The van der Waals surface area contributed by atoms with Gasteiger partial charge in [0.1, 0.15) is 0 Å². The van der Waals surface area contributed by atoms with Gasteiger partial charge < -0.3 is 19.5 Å². The van der Waals surface area contributed by atoms with E-state index < -0.39 is 0 Å². The largest absolute Gasteiger partial charge is 0.493 e. The van der Waals surface area contributed by atoms with Crippen LogP contribution in [0.5, 0.6) is 11.5 Å². The van der Waals surface area contributed by atoms with Crippen LogP contribution in [0.3, 0.4) is 0 Å². The van der Waals surface area contributed by atoms with Crippen molar-refractivity contribution in [1.29, 1.82) is 0 Å². The maximum absolute atomic E-state index is 5.72. The summed E-state index contributed by atoms with van der Waals surface area (Å²) in [4.78, 5) is 0. The van der Waals surface area contributed by atoms with Gasteiger partial charge in [-0.25, -0.2) is 0 Å². The monoisotopic (exact) mass is 357 g/mol. The molecule has 118 valence electrons. The molecule has 1 aromatic rings. The Hall–Kier alpha value is -0.780. The summed E-state index contributed by atoms with van der Waals surface area (Å²) in [5.74, 6) is 2.11. The molecule has 0 radical (unpaired) electrons. The Balaban J connectivity index is 1.92. The molecule has 5 heteroatoms. The molecule has 1 N–H and O–H groups in total. The number of benzene rings is 1. The van der Waals surface area contributed by atoms with Crippen molar-refractivity contribution >= 4 is 15.9 Å². The van der Waals surface area contributed by atoms with Crippen LogP contribution in [0.1, 0.15) is 25.3 Å². The summed E-state index contributed by atoms with van der Waals surface area (Å²) in [7, 11) is 3.30. The van der Waals surface area contributed by atoms with E-state index in [4.69, 9.17) is 14.2 Å². The Kier molecular flexibility index (Phi) is 6.33. The molecule has 1 aliphatic heterocycles. The third-order valence-electron chi connectivity index (χ3n) is 3.98. The van der Waals surface area contributed by atoms with Gasteiger partial charge in [0.15, 0.2) is 11.5 Å². The van der Waals surface area contributed by atoms with E-state index in [2.05, 4.69) is 34.2 Å². The molecule has 1 heterocycles. The van der Waals surface area contributed by atoms with E-state index in [1.807, 2.05) is 6.07 Å². The molecule has 2 rings (SSSR count). The summed E-state index contributed by atoms with van der Waals surface area (Å²) in [6.07, 6.45) is 2.66. The molecule has 0 bridgehead atoms. The number of hydrogen-bond acceptors (Lipinski definition) is 4. The topological polar surface area (TPSA) is 39.7 Å². The molecule has 0 amide bonds. The standard InChI is InChI=1S/C16H24BrNO3/c1-4-14-12(5-6-21-14)10-18-9-11-7-13(17)16(20-3)15(8-11)19-2/h7-8,12,14,18H,4-6,9-10H2,1-3H3. The van der Waals surface area contributed by atoms with E-state index in [-0.39, 0.29) is 0 Å². The molecule has 4 nitrogen and oxygen atoms in total. The summed E-state index contributed by atoms with van der Waals surface area (Å²) in [6, 6.07) is 4.08. The van der Waals surface area contributed by atoms with Gasteiger partial charge >= 0.3 is 0 Å². The molecule has 2 atom stereocenters. The Morgan fingerprint density at radius 1 is 1.33 bits per heavy atom. The minimum atomic E-state index is 0.412. The lowest BCUT2D eigenvalue weighted by Gasteiger charge is -2.18. The third kappa shape index (κ3) is 4.11. The van der Waals surface area contributed by atoms with Crippen molar-refractivity contribution in [2.75, 3.05) is 27.4 Å². The molecule has 1 saturated heterocycles. The first kappa shape index (κ1) is 16.6. The van der Waals surface area contributed by atoms with E-state index in [0.717, 1.165) is 48.5 Å². The second kappa shape index (κ2) is 8.01. The zero-order valence-electron chi connectivity index (χ0n) is 12.9. The van der Waals surface area contributed by atoms with E-state index in [0.29, 0.717) is 12.0 Å². The second-order valence-electron chi connectivity index (χ2n) is 5.31. The van der Waals surface area contributed by atoms with E-state index in [1.54, 1.807) is 14.2 Å². The molecule has 2 unspecified atom stereocenters. The number of methoxy groups -OCH3 is 2. The zero-order chi connectivity index (χ0) is 15.2. The lowest BCUT2D eigenvalue weighted by Crippen LogP contribution is -2.27. The molecule has 0 saturated carbocycles. The molecular weight excluding hydrogens is 334 g/mol. The molecule has 1 aliphatic rings. The normalized spacial score (nSPS) is 21.5. The van der Waals surface area contributed by atoms with Crippen LogP contribution >= 0.6 is 15.9 Å². The Bertz CT molecular complexity index is 467. The van der Waals surface area contributed by atoms with Crippen LogP contribution in [-0.2, 0) is 11.3 Å². The average molecular weight is 358 g/mol. The van der Waals surface area contributed by atoms with Crippen molar-refractivity contribution in [2.24, 2.45) is 5.92 Å². The molecule has 1 aromatic carbocycles. The number of nitrogens with one attached hydrogen (secondary N) is 1. The summed E-state index contributed by atoms with van der Waals surface area (Å²) in [6.45, 7) is 4.89. The highest BCUT2D eigenvalue weighted by Crippen LogP contribution is 2.36. The highest BCUT2D eigenvalue weighted by Gasteiger charge is 2.26. The van der Waals surface area contributed by atoms with Crippen molar-refractivity contribution in [3.63, 3.8) is 0 Å². The number of halogens is 1. The molecule has 0 aromatic heterocycles. The van der Waals surface area contributed by atoms with Crippen LogP contribution in [0.2, 0.25) is 0 Å². The van der Waals surface area contributed by atoms with E-state index in [1.165, 1.54) is 5.56 Å². The van der Waals surface area contributed by atoms with Crippen LogP contribution in [0.25, 0.3) is 0 Å². The molecular formula is C16H24BrNO3. The molecule has 0 spiro atoms. The van der Waals surface area contributed by atoms with Crippen molar-refractivity contribution in [2.45, 2.75) is 32.4 Å². The van der Waals surface area contributed by atoms with Gasteiger partial charge in [0.25, 0.3) is 0 Å². The van der Waals surface area contributed by atoms with Gasteiger partial charge in [-0.05, 0) is 52.4 Å². The highest BCUT2D eigenvalue weighted by molar-refractivity contribution is 9.10. The maximum Gasteiger partial charge on any atom is 0.174 e. The van der Waals surface area contributed by atoms with Gasteiger partial charge in [0.05, 0.1) is 24.8 Å². The SMILES string of the molecule is CCC1OCCC1CNCc1cc(Br)c(OC)c(OC)c1. The van der Waals surface area contributed by atoms with Crippen LogP contribution < -0.4 is 14.8 Å². The summed E-state index contributed by atoms with van der Waals surface area (Å²) < 4.78 is 17.3. The summed E-state index contributed by atoms with van der Waals surface area (Å²) in [5.41, 5.74) is 1.17. The summed E-state index contributed by atoms with van der Waals surface area (Å²) in [5, 5.41) is 3.53. The van der Waals surface area contributed by atoms with Crippen LogP contribution in [-0.4, -0.2) is 33.5 Å². The zero-order valence-corrected chi connectivity index (χ0v) is 14.5. The first-order valence-corrected chi connectivity index (χ1v) is 8.21. The highest BCUT2D eigenvalue weighted by atomic mass is 79.9. The average Bonchev–Trinajstić information content (AvgIpc) is 2.94. The Labute approximate surface area is 135 Å². The lowest BCUT2D eigenvalue weighted by molar-refractivity contribution is 0.0872. The van der Waals surface area contributed by atoms with Crippen molar-refractivity contribution in [1.82, 2.24) is 5.32 Å². The van der Waals surface area contributed by atoms with Gasteiger partial charge in [-0.3, -0.25) is 0 Å². The fourth-order valence-electron chi connectivity index (χ4n) is 2.85. The number of ether oxygens (including phenoxy) is 3. The van der Waals surface area contributed by atoms with Gasteiger partial charge in [-0.2, -0.15) is 0 Å². The molecule has 0 aliphatic carbocycles. The van der Waals surface area contributed by atoms with E-state index >= 15 is 0 Å². The number of hydrogen-bond donors (Lipinski definition) is 1. The third-order valence-corrected chi connectivity index (χ3v) is 4.57. The van der Waals surface area contributed by atoms with Gasteiger partial charge in [-0.1, -0.05) is 6.92 Å². The predicted octanol–water partition coefficient (Wildman–Crippen LogP) is 3.37. The van der Waals surface area contributed by atoms with Crippen molar-refractivity contribution in [3.05, 3.63) is 22.2 Å². The fourth-order valence-corrected chi connectivity index (χ4v) is 3.50. The van der Waals surface area contributed by atoms with Gasteiger partial charge in [-0.15, -0.1) is 0 Å². The van der Waals surface area contributed by atoms with Gasteiger partial charge in [0, 0.05) is 19.7 Å². The first-order chi connectivity index (χ1) is 10.2. The first-order valence-electron chi connectivity index (χ1n) is 7.42. The summed E-state index contributed by atoms with van der Waals surface area (Å²) >= 11 is 3.53. The van der Waals surface area contributed by atoms with Crippen LogP contribution in [0, 0.1) is 5.92 Å². The Morgan fingerprint density at radius 2 is 2.14 bits per heavy atom. The second-order valence-corrected chi connectivity index (χ2v) is 6.16. The predicted molar refractivity (Wildman–Crippen MR) is 87.1 cm³/mol.